The van der Waals surface area contributed by atoms with Crippen LogP contribution in [-0.2, 0) is 14.3 Å². The second-order valence-electron chi connectivity index (χ2n) is 5.37. The van der Waals surface area contributed by atoms with Crippen LogP contribution in [0.25, 0.3) is 0 Å². The highest BCUT2D eigenvalue weighted by molar-refractivity contribution is 7.80. The number of benzene rings is 1. The molecule has 0 saturated carbocycles. The van der Waals surface area contributed by atoms with Gasteiger partial charge < -0.3 is 19.5 Å². The second-order valence-corrected chi connectivity index (χ2v) is 5.75. The fraction of sp³-hybridized carbons (Fsp3) is 0.353. The molecular formula is C17H20N2O5S. The van der Waals surface area contributed by atoms with Crippen molar-refractivity contribution in [2.24, 2.45) is 0 Å². The Hall–Kier alpha value is -2.61. The van der Waals surface area contributed by atoms with Gasteiger partial charge in [-0.05, 0) is 36.8 Å². The number of nitrogens with zero attached hydrogens (tertiary/aromatic N) is 1. The van der Waals surface area contributed by atoms with Crippen LogP contribution in [0.15, 0.2) is 29.5 Å². The van der Waals surface area contributed by atoms with Crippen LogP contribution in [-0.4, -0.2) is 43.2 Å². The number of methoxy groups -OCH3 is 3. The van der Waals surface area contributed by atoms with Crippen LogP contribution in [0.2, 0.25) is 0 Å². The zero-order valence-electron chi connectivity index (χ0n) is 14.7. The Balaban J connectivity index is 2.69. The van der Waals surface area contributed by atoms with E-state index in [-0.39, 0.29) is 11.0 Å². The predicted octanol–water partition coefficient (Wildman–Crippen LogP) is 1.93. The van der Waals surface area contributed by atoms with Gasteiger partial charge >= 0.3 is 5.97 Å². The van der Waals surface area contributed by atoms with Crippen LogP contribution in [0.5, 0.6) is 11.5 Å². The number of hydrogen-bond donors (Lipinski definition) is 1. The fourth-order valence-electron chi connectivity index (χ4n) is 2.78. The van der Waals surface area contributed by atoms with Crippen LogP contribution < -0.4 is 14.8 Å². The molecular weight excluding hydrogens is 344 g/mol. The summed E-state index contributed by atoms with van der Waals surface area (Å²) in [4.78, 5) is 25.9. The van der Waals surface area contributed by atoms with Gasteiger partial charge in [0.25, 0.3) is 0 Å². The second kappa shape index (κ2) is 7.52. The van der Waals surface area contributed by atoms with E-state index in [0.29, 0.717) is 28.3 Å². The lowest BCUT2D eigenvalue weighted by atomic mass is 9.93. The van der Waals surface area contributed by atoms with Crippen molar-refractivity contribution >= 4 is 29.2 Å². The quantitative estimate of drug-likeness (QED) is 0.646. The molecule has 0 aliphatic carbocycles. The SMILES string of the molecule is COC(=O)C1=C(C)NC(=S)N(C(C)=O)[C@@H]1c1ccc(OC)c(OC)c1. The van der Waals surface area contributed by atoms with Crippen molar-refractivity contribution < 1.29 is 23.8 Å². The Bertz CT molecular complexity index is 759. The van der Waals surface area contributed by atoms with E-state index >= 15 is 0 Å². The number of hydrogen-bond acceptors (Lipinski definition) is 6. The number of ether oxygens (including phenoxy) is 3. The average Bonchev–Trinajstić information content (AvgIpc) is 2.59. The molecule has 1 N–H and O–H groups in total. The Labute approximate surface area is 151 Å². The van der Waals surface area contributed by atoms with E-state index in [1.807, 2.05) is 0 Å². The summed E-state index contributed by atoms with van der Waals surface area (Å²) in [5, 5.41) is 3.11. The van der Waals surface area contributed by atoms with Crippen molar-refractivity contribution in [3.8, 4) is 11.5 Å². The van der Waals surface area contributed by atoms with Crippen LogP contribution in [0.3, 0.4) is 0 Å². The molecule has 1 aromatic rings. The summed E-state index contributed by atoms with van der Waals surface area (Å²) in [6.45, 7) is 3.10. The molecule has 0 fully saturated rings. The first-order valence-corrected chi connectivity index (χ1v) is 7.88. The van der Waals surface area contributed by atoms with Crippen molar-refractivity contribution in [1.29, 1.82) is 0 Å². The monoisotopic (exact) mass is 364 g/mol. The number of rotatable bonds is 4. The van der Waals surface area contributed by atoms with Crippen molar-refractivity contribution in [1.82, 2.24) is 10.2 Å². The molecule has 0 radical (unpaired) electrons. The molecule has 7 nitrogen and oxygen atoms in total. The fourth-order valence-corrected chi connectivity index (χ4v) is 3.16. The molecule has 1 aromatic carbocycles. The molecule has 1 aliphatic heterocycles. The van der Waals surface area contributed by atoms with Gasteiger partial charge in [0.15, 0.2) is 16.6 Å². The van der Waals surface area contributed by atoms with Crippen LogP contribution >= 0.6 is 12.2 Å². The van der Waals surface area contributed by atoms with E-state index in [2.05, 4.69) is 5.32 Å². The summed E-state index contributed by atoms with van der Waals surface area (Å²) >= 11 is 5.29. The molecule has 1 atom stereocenters. The zero-order chi connectivity index (χ0) is 18.7. The van der Waals surface area contributed by atoms with Gasteiger partial charge in [-0.2, -0.15) is 0 Å². The Kier molecular flexibility index (Phi) is 5.63. The Morgan fingerprint density at radius 3 is 2.32 bits per heavy atom. The maximum Gasteiger partial charge on any atom is 0.337 e. The minimum Gasteiger partial charge on any atom is -0.493 e. The molecule has 1 aliphatic rings. The summed E-state index contributed by atoms with van der Waals surface area (Å²) in [5.41, 5.74) is 1.49. The zero-order valence-corrected chi connectivity index (χ0v) is 15.5. The maximum atomic E-state index is 12.4. The molecule has 134 valence electrons. The van der Waals surface area contributed by atoms with Gasteiger partial charge in [-0.15, -0.1) is 0 Å². The third-order valence-corrected chi connectivity index (χ3v) is 4.22. The van der Waals surface area contributed by atoms with Crippen molar-refractivity contribution in [2.45, 2.75) is 19.9 Å². The topological polar surface area (TPSA) is 77.1 Å². The standard InChI is InChI=1S/C17H20N2O5S/c1-9-14(16(21)24-5)15(19(10(2)20)17(25)18-9)11-6-7-12(22-3)13(8-11)23-4/h6-8,15H,1-5H3,(H,18,25)/t15-/m1/s1. The van der Waals surface area contributed by atoms with Crippen LogP contribution in [0, 0.1) is 0 Å². The first-order chi connectivity index (χ1) is 11.8. The van der Waals surface area contributed by atoms with Gasteiger partial charge in [-0.1, -0.05) is 6.07 Å². The third-order valence-electron chi connectivity index (χ3n) is 3.92. The predicted molar refractivity (Wildman–Crippen MR) is 95.3 cm³/mol. The lowest BCUT2D eigenvalue weighted by Gasteiger charge is -2.37. The summed E-state index contributed by atoms with van der Waals surface area (Å²) in [6, 6.07) is 4.45. The minimum atomic E-state index is -0.724. The van der Waals surface area contributed by atoms with Gasteiger partial charge in [0.05, 0.1) is 32.9 Å². The van der Waals surface area contributed by atoms with Gasteiger partial charge in [0, 0.05) is 12.6 Å². The first kappa shape index (κ1) is 18.7. The molecule has 0 aromatic heterocycles. The smallest absolute Gasteiger partial charge is 0.337 e. The van der Waals surface area contributed by atoms with Gasteiger partial charge in [0.2, 0.25) is 5.91 Å². The largest absolute Gasteiger partial charge is 0.493 e. The van der Waals surface area contributed by atoms with E-state index in [0.717, 1.165) is 0 Å². The molecule has 8 heteroatoms. The van der Waals surface area contributed by atoms with Crippen molar-refractivity contribution in [3.63, 3.8) is 0 Å². The maximum absolute atomic E-state index is 12.4. The first-order valence-electron chi connectivity index (χ1n) is 7.47. The average molecular weight is 364 g/mol. The van der Waals surface area contributed by atoms with Crippen LogP contribution in [0.4, 0.5) is 0 Å². The van der Waals surface area contributed by atoms with Crippen molar-refractivity contribution in [2.75, 3.05) is 21.3 Å². The van der Waals surface area contributed by atoms with Gasteiger partial charge in [0.1, 0.15) is 0 Å². The highest BCUT2D eigenvalue weighted by Gasteiger charge is 2.39. The lowest BCUT2D eigenvalue weighted by Crippen LogP contribution is -2.50. The number of amides is 1. The summed E-state index contributed by atoms with van der Waals surface area (Å²) < 4.78 is 15.5. The van der Waals surface area contributed by atoms with E-state index in [4.69, 9.17) is 26.4 Å². The molecule has 1 heterocycles. The van der Waals surface area contributed by atoms with Gasteiger partial charge in [-0.3, -0.25) is 9.69 Å². The number of esters is 1. The summed E-state index contributed by atoms with van der Waals surface area (Å²) in [6.07, 6.45) is 0. The molecule has 0 bridgehead atoms. The number of allylic oxidation sites excluding steroid dienone is 1. The normalized spacial score (nSPS) is 17.1. The summed E-state index contributed by atoms with van der Waals surface area (Å²) in [7, 11) is 4.34. The van der Waals surface area contributed by atoms with E-state index in [9.17, 15) is 9.59 Å². The molecule has 0 spiro atoms. The van der Waals surface area contributed by atoms with E-state index in [1.165, 1.54) is 33.2 Å². The number of nitrogens with one attached hydrogen (secondary N) is 1. The number of thiocarbonyl (C=S) groups is 1. The Morgan fingerprint density at radius 2 is 1.80 bits per heavy atom. The highest BCUT2D eigenvalue weighted by Crippen LogP contribution is 2.38. The highest BCUT2D eigenvalue weighted by atomic mass is 32.1. The molecule has 1 amide bonds. The molecule has 0 saturated heterocycles. The van der Waals surface area contributed by atoms with Crippen molar-refractivity contribution in [3.05, 3.63) is 35.0 Å². The summed E-state index contributed by atoms with van der Waals surface area (Å²) in [5.74, 6) is 0.178. The Morgan fingerprint density at radius 1 is 1.16 bits per heavy atom. The lowest BCUT2D eigenvalue weighted by molar-refractivity contribution is -0.137. The van der Waals surface area contributed by atoms with Crippen LogP contribution in [0.1, 0.15) is 25.5 Å². The molecule has 2 rings (SSSR count). The van der Waals surface area contributed by atoms with E-state index < -0.39 is 12.0 Å². The molecule has 25 heavy (non-hydrogen) atoms. The minimum absolute atomic E-state index is 0.220. The molecule has 0 unspecified atom stereocenters. The number of carbonyl (C=O) groups is 2. The van der Waals surface area contributed by atoms with Gasteiger partial charge in [-0.25, -0.2) is 4.79 Å². The number of carbonyl (C=O) groups excluding carboxylic acids is 2. The third kappa shape index (κ3) is 3.43. The van der Waals surface area contributed by atoms with E-state index in [1.54, 1.807) is 25.1 Å².